The van der Waals surface area contributed by atoms with Gasteiger partial charge in [-0.05, 0) is 163 Å². The zero-order valence-electron chi connectivity index (χ0n) is 52.7. The predicted octanol–water partition coefficient (Wildman–Crippen LogP) is 13.3. The third-order valence-corrected chi connectivity index (χ3v) is 16.3. The number of aromatic nitrogens is 8. The van der Waals surface area contributed by atoms with Crippen molar-refractivity contribution in [1.82, 2.24) is 39.5 Å². The fourth-order valence-electron chi connectivity index (χ4n) is 10.1. The maximum Gasteiger partial charge on any atom is 0.301 e. The van der Waals surface area contributed by atoms with Gasteiger partial charge in [-0.15, -0.1) is 5.11 Å². The van der Waals surface area contributed by atoms with Gasteiger partial charge in [0.2, 0.25) is 0 Å². The second-order valence-corrected chi connectivity index (χ2v) is 24.3. The molecule has 0 unspecified atom stereocenters. The SMILES string of the molecule is NC(=S)n1[nH]c(-c2ccc([N+](=O)[O-])cc2)c(CCc2cccc(Cl)c2)c1=O.NC(=S)n1[nH]c(-c2ccc([N+](=O)[O-])cc2)c(Cc2cccc(Cl)c2)c1=O.NC(=S)n1[nH]c(-c2ccc([N+](=O)[O-])cc2)c(N=Nc2cccc(F)c2)c1=O.O=c1[nH][nH]c(-c2ccc([N+](=O)[O-])cc2)c1Cc1cccc(Cl)c1. The number of azo groups is 1. The highest BCUT2D eigenvalue weighted by atomic mass is 35.5. The molecule has 29 nitrogen and oxygen atoms in total. The summed E-state index contributed by atoms with van der Waals surface area (Å²) in [6, 6.07) is 50.4. The summed E-state index contributed by atoms with van der Waals surface area (Å²) in [4.78, 5) is 91.2. The van der Waals surface area contributed by atoms with Crippen LogP contribution < -0.4 is 39.4 Å². The molecule has 0 atom stereocenters. The molecule has 0 spiro atoms. The second kappa shape index (κ2) is 33.6. The monoisotopic (exact) mass is 1510 g/mol. The zero-order chi connectivity index (χ0) is 74.3. The molecule has 12 aromatic rings. The van der Waals surface area contributed by atoms with E-state index in [1.165, 1.54) is 78.9 Å². The van der Waals surface area contributed by atoms with E-state index in [0.717, 1.165) is 36.8 Å². The van der Waals surface area contributed by atoms with Crippen LogP contribution in [-0.2, 0) is 25.7 Å². The number of rotatable bonds is 17. The number of aryl methyl sites for hydroxylation is 1. The van der Waals surface area contributed by atoms with E-state index in [1.54, 1.807) is 72.8 Å². The Hall–Kier alpha value is -12.5. The van der Waals surface area contributed by atoms with Crippen molar-refractivity contribution in [1.29, 1.82) is 0 Å². The van der Waals surface area contributed by atoms with Crippen LogP contribution in [0.2, 0.25) is 15.1 Å². The Morgan fingerprint density at radius 3 is 1.19 bits per heavy atom. The maximum absolute atomic E-state index is 13.3. The molecular formula is C67H51Cl3FN17O12S3. The number of benzene rings is 8. The molecule has 36 heteroatoms. The average molecular weight is 1510 g/mol. The molecule has 0 radical (unpaired) electrons. The van der Waals surface area contributed by atoms with Crippen LogP contribution in [-0.4, -0.2) is 74.6 Å². The molecule has 0 aliphatic heterocycles. The summed E-state index contributed by atoms with van der Waals surface area (Å²) in [7, 11) is 0. The van der Waals surface area contributed by atoms with Crippen molar-refractivity contribution in [2.45, 2.75) is 25.7 Å². The van der Waals surface area contributed by atoms with E-state index < -0.39 is 31.1 Å². The number of halogens is 4. The fourth-order valence-corrected chi connectivity index (χ4v) is 11.1. The number of H-pyrrole nitrogens is 5. The van der Waals surface area contributed by atoms with Crippen LogP contribution >= 0.6 is 71.5 Å². The molecule has 0 saturated carbocycles. The minimum Gasteiger partial charge on any atom is -0.374 e. The highest BCUT2D eigenvalue weighted by molar-refractivity contribution is 7.80. The molecule has 4 aromatic heterocycles. The minimum absolute atomic E-state index is 0.00280. The van der Waals surface area contributed by atoms with E-state index >= 15 is 0 Å². The standard InChI is InChI=1S/C18H15ClN4O3S.C17H13ClN4O3S.C16H12ClN3O3.C16H11FN6O3S/c19-13-3-1-2-11(10-13)4-9-15-16(21-22(17(15)24)18(20)27)12-5-7-14(8-6-12)23(25)26;18-12-3-1-2-10(8-12)9-14-15(20-21(16(14)23)17(19)26)11-4-6-13(7-5-11)22(24)25;17-12-3-1-2-10(8-12)9-14-15(18-19-16(14)21)11-4-6-13(7-5-11)20(22)23;17-10-2-1-3-11(8-10)19-20-14-13(21-22(15(14)24)16(18)27)9-4-6-12(7-5-9)23(25)26/h1-3,5-8,10,21H,4,9H2,(H2,20,27);1-8,20H,9H2,(H2,19,26);1-8H,9H2,(H2,18,19,21);1-8,21H,(H2,18,27). The highest BCUT2D eigenvalue weighted by Crippen LogP contribution is 2.31. The van der Waals surface area contributed by atoms with Crippen molar-refractivity contribution < 1.29 is 24.1 Å². The van der Waals surface area contributed by atoms with Crippen molar-refractivity contribution in [3.63, 3.8) is 0 Å². The second-order valence-electron chi connectivity index (χ2n) is 21.8. The van der Waals surface area contributed by atoms with Crippen LogP contribution in [0.5, 0.6) is 0 Å². The zero-order valence-corrected chi connectivity index (χ0v) is 57.4. The average Bonchev–Trinajstić information content (AvgIpc) is 1.68. The summed E-state index contributed by atoms with van der Waals surface area (Å²) in [6.45, 7) is 0. The Morgan fingerprint density at radius 2 is 0.777 bits per heavy atom. The lowest BCUT2D eigenvalue weighted by Crippen LogP contribution is -2.31. The highest BCUT2D eigenvalue weighted by Gasteiger charge is 2.23. The number of nitrogens with zero attached hydrogens (tertiary/aromatic N) is 9. The summed E-state index contributed by atoms with van der Waals surface area (Å²) in [6.07, 6.45) is 1.73. The Balaban J connectivity index is 0.000000160. The molecule has 12 rings (SSSR count). The largest absolute Gasteiger partial charge is 0.374 e. The number of hydrogen-bond acceptors (Lipinski definition) is 17. The van der Waals surface area contributed by atoms with Gasteiger partial charge in [0.1, 0.15) is 5.82 Å². The quantitative estimate of drug-likeness (QED) is 0.0182. The Kier molecular flexibility index (Phi) is 24.3. The van der Waals surface area contributed by atoms with Gasteiger partial charge in [-0.1, -0.05) is 77.3 Å². The van der Waals surface area contributed by atoms with Gasteiger partial charge in [0.25, 0.3) is 39.4 Å². The Bertz CT molecular complexity index is 5520. The van der Waals surface area contributed by atoms with Crippen molar-refractivity contribution in [2.75, 3.05) is 0 Å². The van der Waals surface area contributed by atoms with Crippen LogP contribution in [0.25, 0.3) is 45.0 Å². The van der Waals surface area contributed by atoms with Gasteiger partial charge in [0.15, 0.2) is 21.0 Å². The van der Waals surface area contributed by atoms with Gasteiger partial charge in [0.05, 0.1) is 48.2 Å². The molecule has 4 heterocycles. The van der Waals surface area contributed by atoms with Gasteiger partial charge in [-0.2, -0.15) is 19.2 Å². The topological polar surface area (TPSA) is 437 Å². The van der Waals surface area contributed by atoms with Crippen LogP contribution in [0.1, 0.15) is 33.4 Å². The molecule has 522 valence electrons. The lowest BCUT2D eigenvalue weighted by molar-refractivity contribution is -0.385. The smallest absolute Gasteiger partial charge is 0.301 e. The van der Waals surface area contributed by atoms with Gasteiger partial charge >= 0.3 is 5.56 Å². The normalized spacial score (nSPS) is 10.8. The van der Waals surface area contributed by atoms with Crippen LogP contribution in [0.4, 0.5) is 38.5 Å². The van der Waals surface area contributed by atoms with Gasteiger partial charge in [-0.3, -0.25) is 85.1 Å². The minimum atomic E-state index is -0.656. The molecule has 0 fully saturated rings. The first-order valence-electron chi connectivity index (χ1n) is 29.8. The van der Waals surface area contributed by atoms with Gasteiger partial charge < -0.3 is 17.2 Å². The number of non-ortho nitro benzene ring substituents is 4. The predicted molar refractivity (Wildman–Crippen MR) is 399 cm³/mol. The Labute approximate surface area is 609 Å². The molecule has 103 heavy (non-hydrogen) atoms. The summed E-state index contributed by atoms with van der Waals surface area (Å²) in [5, 5.41) is 66.2. The Morgan fingerprint density at radius 1 is 0.417 bits per heavy atom. The number of hydrogen-bond donors (Lipinski definition) is 8. The van der Waals surface area contributed by atoms with Crippen LogP contribution in [0, 0.1) is 46.3 Å². The number of nitro benzene ring substituents is 4. The summed E-state index contributed by atoms with van der Waals surface area (Å²) >= 11 is 32.7. The number of aromatic amines is 5. The van der Waals surface area contributed by atoms with Crippen molar-refractivity contribution in [3.05, 3.63) is 330 Å². The lowest BCUT2D eigenvalue weighted by atomic mass is 10.0. The number of nitro groups is 4. The summed E-state index contributed by atoms with van der Waals surface area (Å²) < 4.78 is 16.3. The first kappa shape index (κ1) is 74.7. The van der Waals surface area contributed by atoms with E-state index in [1.807, 2.05) is 36.4 Å². The van der Waals surface area contributed by atoms with E-state index in [0.29, 0.717) is 96.8 Å². The molecule has 0 bridgehead atoms. The third kappa shape index (κ3) is 18.9. The van der Waals surface area contributed by atoms with Crippen LogP contribution in [0.3, 0.4) is 0 Å². The fraction of sp³-hybridized carbons (Fsp3) is 0.0597. The molecular weight excluding hydrogens is 1460 g/mol. The molecule has 8 aromatic carbocycles. The number of thiocarbonyl (C=S) groups is 3. The molecule has 0 aliphatic rings. The molecule has 0 aliphatic carbocycles. The summed E-state index contributed by atoms with van der Waals surface area (Å²) in [5.74, 6) is -0.503. The van der Waals surface area contributed by atoms with Crippen molar-refractivity contribution in [3.8, 4) is 45.0 Å². The maximum atomic E-state index is 13.3. The van der Waals surface area contributed by atoms with Crippen molar-refractivity contribution in [2.24, 2.45) is 27.4 Å². The summed E-state index contributed by atoms with van der Waals surface area (Å²) in [5.41, 5.74) is 23.5. The number of nitrogens with one attached hydrogen (secondary N) is 5. The third-order valence-electron chi connectivity index (χ3n) is 15.0. The van der Waals surface area contributed by atoms with E-state index in [4.69, 9.17) is 88.7 Å². The molecule has 11 N–H and O–H groups in total. The van der Waals surface area contributed by atoms with Crippen LogP contribution in [0.15, 0.2) is 224 Å². The van der Waals surface area contributed by atoms with E-state index in [9.17, 15) is 64.0 Å². The number of nitrogens with two attached hydrogens (primary N) is 3. The van der Waals surface area contributed by atoms with Gasteiger partial charge in [0, 0.05) is 121 Å². The van der Waals surface area contributed by atoms with E-state index in [2.05, 4.69) is 35.7 Å². The first-order valence-corrected chi connectivity index (χ1v) is 32.1. The first-order chi connectivity index (χ1) is 49.1. The molecule has 0 amide bonds. The lowest BCUT2D eigenvalue weighted by Gasteiger charge is -2.04. The molecule has 0 saturated heterocycles. The van der Waals surface area contributed by atoms with Crippen molar-refractivity contribution >= 4 is 121 Å². The van der Waals surface area contributed by atoms with Gasteiger partial charge in [-0.25, -0.2) is 4.39 Å². The van der Waals surface area contributed by atoms with E-state index in [-0.39, 0.29) is 71.8 Å².